The van der Waals surface area contributed by atoms with Crippen LogP contribution in [0.4, 0.5) is 0 Å². The Bertz CT molecular complexity index is 37.3. The molecule has 0 rings (SSSR count). The average Bonchev–Trinajstić information content (AvgIpc) is 1.35. The van der Waals surface area contributed by atoms with Crippen molar-refractivity contribution in [2.75, 3.05) is 0 Å². The first-order valence-electron chi connectivity index (χ1n) is 2.21. The third kappa shape index (κ3) is 5.09. The van der Waals surface area contributed by atoms with E-state index < -0.39 is 8.07 Å². The Balaban J connectivity index is 3.17. The van der Waals surface area contributed by atoms with Crippen LogP contribution < -0.4 is 0 Å². The molecule has 0 unspecified atom stereocenters. The van der Waals surface area contributed by atoms with Crippen LogP contribution in [-0.4, -0.2) is 8.07 Å². The van der Waals surface area contributed by atoms with Crippen molar-refractivity contribution in [1.82, 2.24) is 0 Å². The van der Waals surface area contributed by atoms with Gasteiger partial charge in [0, 0.05) is 0 Å². The van der Waals surface area contributed by atoms with Gasteiger partial charge < -0.3 is 0 Å². The predicted molar refractivity (Wildman–Crippen MR) is 28.2 cm³/mol. The first kappa shape index (κ1) is 7.09. The summed E-state index contributed by atoms with van der Waals surface area (Å²) in [7, 11) is -0.569. The van der Waals surface area contributed by atoms with Gasteiger partial charge in [0.25, 0.3) is 0 Å². The Kier molecular flexibility index (Phi) is 2.84. The van der Waals surface area contributed by atoms with Gasteiger partial charge in [-0.1, -0.05) is 0 Å². The summed E-state index contributed by atoms with van der Waals surface area (Å²) in [5.74, 6) is 0. The zero-order chi connectivity index (χ0) is 5.21. The van der Waals surface area contributed by atoms with Crippen LogP contribution in [0.2, 0.25) is 23.4 Å². The standard InChI is InChI=1S/C4H11Si.Hf/c1-5(2,3)4;/h1H2,2-4H3;. The van der Waals surface area contributed by atoms with Crippen molar-refractivity contribution in [3.05, 3.63) is 0 Å². The molecule has 0 spiro atoms. The summed E-state index contributed by atoms with van der Waals surface area (Å²) in [6.07, 6.45) is 0. The van der Waals surface area contributed by atoms with Crippen molar-refractivity contribution < 1.29 is 24.4 Å². The molecule has 0 aliphatic heterocycles. The molecule has 0 radical (unpaired) electrons. The van der Waals surface area contributed by atoms with Crippen LogP contribution in [0.5, 0.6) is 0 Å². The van der Waals surface area contributed by atoms with Crippen LogP contribution in [-0.2, 0) is 24.4 Å². The molecule has 0 fully saturated rings. The van der Waals surface area contributed by atoms with Crippen molar-refractivity contribution in [3.63, 3.8) is 0 Å². The van der Waals surface area contributed by atoms with E-state index in [2.05, 4.69) is 19.6 Å². The summed E-state index contributed by atoms with van der Waals surface area (Å²) in [4.78, 5) is 0. The molecule has 0 amide bonds. The molecule has 0 nitrogen and oxygen atoms in total. The first-order valence-corrected chi connectivity index (χ1v) is 8.45. The zero-order valence-electron chi connectivity index (χ0n) is 4.71. The molecular formula is C4H11HfSi. The summed E-state index contributed by atoms with van der Waals surface area (Å²) in [5.41, 5.74) is 0. The van der Waals surface area contributed by atoms with Crippen LogP contribution in [0.15, 0.2) is 0 Å². The molecule has 0 aromatic heterocycles. The molecule has 0 saturated heterocycles. The summed E-state index contributed by atoms with van der Waals surface area (Å²) in [5, 5.41) is 0. The molecule has 0 saturated carbocycles. The van der Waals surface area contributed by atoms with Gasteiger partial charge in [0.15, 0.2) is 0 Å². The van der Waals surface area contributed by atoms with E-state index in [0.717, 1.165) is 0 Å². The van der Waals surface area contributed by atoms with E-state index in [4.69, 9.17) is 0 Å². The molecule has 0 aliphatic carbocycles. The third-order valence-corrected chi connectivity index (χ3v) is 13.0. The summed E-state index contributed by atoms with van der Waals surface area (Å²) in [6, 6.07) is 0. The van der Waals surface area contributed by atoms with Crippen LogP contribution in [0.25, 0.3) is 0 Å². The predicted octanol–water partition coefficient (Wildman–Crippen LogP) is 1.83. The molecule has 0 heterocycles. The van der Waals surface area contributed by atoms with Crippen molar-refractivity contribution in [3.8, 4) is 0 Å². The molecule has 0 atom stereocenters. The second kappa shape index (κ2) is 2.41. The zero-order valence-corrected chi connectivity index (χ0v) is 9.30. The topological polar surface area (TPSA) is 0 Å². The van der Waals surface area contributed by atoms with Crippen molar-refractivity contribution in [1.29, 1.82) is 0 Å². The second-order valence-electron chi connectivity index (χ2n) is 2.74. The van der Waals surface area contributed by atoms with Crippen LogP contribution in [0.1, 0.15) is 0 Å². The van der Waals surface area contributed by atoms with Crippen LogP contribution >= 0.6 is 0 Å². The normalized spacial score (nSPS) is 11.7. The van der Waals surface area contributed by atoms with Gasteiger partial charge in [0.05, 0.1) is 0 Å². The molecule has 2 heteroatoms. The molecule has 35 valence electrons. The molecule has 0 aliphatic rings. The summed E-state index contributed by atoms with van der Waals surface area (Å²) < 4.78 is 1.55. The van der Waals surface area contributed by atoms with Gasteiger partial charge in [-0.05, 0) is 0 Å². The Labute approximate surface area is 55.9 Å². The van der Waals surface area contributed by atoms with Crippen molar-refractivity contribution >= 4 is 8.07 Å². The number of hydrogen-bond donors (Lipinski definition) is 0. The van der Waals surface area contributed by atoms with Gasteiger partial charge in [-0.15, -0.1) is 0 Å². The van der Waals surface area contributed by atoms with Crippen molar-refractivity contribution in [2.45, 2.75) is 23.4 Å². The number of rotatable bonds is 1. The fourth-order valence-electron chi connectivity index (χ4n) is 0. The van der Waals surface area contributed by atoms with Gasteiger partial charge in [-0.2, -0.15) is 0 Å². The van der Waals surface area contributed by atoms with Crippen LogP contribution in [0.3, 0.4) is 0 Å². The van der Waals surface area contributed by atoms with Gasteiger partial charge in [0.2, 0.25) is 0 Å². The average molecular weight is 266 g/mol. The molecule has 0 N–H and O–H groups in total. The van der Waals surface area contributed by atoms with E-state index >= 15 is 0 Å². The molecule has 0 bridgehead atoms. The number of hydrogen-bond acceptors (Lipinski definition) is 0. The molecule has 6 heavy (non-hydrogen) atoms. The fraction of sp³-hybridized carbons (Fsp3) is 1.00. The molecular weight excluding hydrogens is 255 g/mol. The summed E-state index contributed by atoms with van der Waals surface area (Å²) in [6.45, 7) is 7.25. The van der Waals surface area contributed by atoms with E-state index in [1.165, 1.54) is 24.4 Å². The maximum atomic E-state index is 2.42. The Morgan fingerprint density at radius 2 is 1.50 bits per heavy atom. The SMILES string of the molecule is C[Si](C)(C)[CH2][Hf]. The van der Waals surface area contributed by atoms with E-state index in [1.807, 2.05) is 0 Å². The molecule has 0 aromatic rings. The summed E-state index contributed by atoms with van der Waals surface area (Å²) >= 11 is 1.41. The van der Waals surface area contributed by atoms with Crippen LogP contribution in [0, 0.1) is 0 Å². The Morgan fingerprint density at radius 3 is 1.50 bits per heavy atom. The van der Waals surface area contributed by atoms with E-state index in [0.29, 0.717) is 0 Å². The quantitative estimate of drug-likeness (QED) is 0.635. The van der Waals surface area contributed by atoms with Gasteiger partial charge in [0.1, 0.15) is 0 Å². The van der Waals surface area contributed by atoms with E-state index in [9.17, 15) is 0 Å². The van der Waals surface area contributed by atoms with Gasteiger partial charge in [-0.25, -0.2) is 0 Å². The van der Waals surface area contributed by atoms with Crippen molar-refractivity contribution in [2.24, 2.45) is 0 Å². The monoisotopic (exact) mass is 267 g/mol. The fourth-order valence-corrected chi connectivity index (χ4v) is 0. The Hall–Kier alpha value is 1.09. The minimum absolute atomic E-state index is 0.569. The van der Waals surface area contributed by atoms with Gasteiger partial charge >= 0.3 is 55.9 Å². The van der Waals surface area contributed by atoms with Gasteiger partial charge in [-0.3, -0.25) is 0 Å². The second-order valence-corrected chi connectivity index (χ2v) is 12.0. The van der Waals surface area contributed by atoms with E-state index in [-0.39, 0.29) is 0 Å². The maximum absolute atomic E-state index is 2.42. The van der Waals surface area contributed by atoms with E-state index in [1.54, 1.807) is 3.80 Å². The Morgan fingerprint density at radius 1 is 1.33 bits per heavy atom. The minimum atomic E-state index is -0.569. The third-order valence-electron chi connectivity index (χ3n) is 0.530. The first-order chi connectivity index (χ1) is 2.56. The molecule has 0 aromatic carbocycles.